The summed E-state index contributed by atoms with van der Waals surface area (Å²) in [5.74, 6) is 0.0599. The molecule has 0 saturated carbocycles. The summed E-state index contributed by atoms with van der Waals surface area (Å²) in [5.41, 5.74) is -0.494. The van der Waals surface area contributed by atoms with Crippen LogP contribution in [0.2, 0.25) is 0 Å². The lowest BCUT2D eigenvalue weighted by molar-refractivity contribution is -0.119. The molecule has 16 heavy (non-hydrogen) atoms. The molecule has 0 aromatic carbocycles. The number of rotatable bonds is 2. The smallest absolute Gasteiger partial charge is 0.408 e. The van der Waals surface area contributed by atoms with Crippen molar-refractivity contribution in [2.75, 3.05) is 0 Å². The largest absolute Gasteiger partial charge is 0.444 e. The van der Waals surface area contributed by atoms with Crippen molar-refractivity contribution in [1.29, 1.82) is 0 Å². The average molecular weight is 225 g/mol. The second-order valence-electron chi connectivity index (χ2n) is 5.09. The molecule has 0 saturated heterocycles. The van der Waals surface area contributed by atoms with E-state index in [1.807, 2.05) is 32.9 Å². The van der Waals surface area contributed by atoms with E-state index in [1.165, 1.54) is 0 Å². The Morgan fingerprint density at radius 3 is 2.38 bits per heavy atom. The molecule has 1 N–H and O–H groups in total. The minimum Gasteiger partial charge on any atom is -0.444 e. The van der Waals surface area contributed by atoms with Crippen molar-refractivity contribution in [2.24, 2.45) is 5.92 Å². The molecule has 1 aliphatic carbocycles. The van der Waals surface area contributed by atoms with Crippen LogP contribution in [0.25, 0.3) is 0 Å². The first kappa shape index (κ1) is 12.7. The van der Waals surface area contributed by atoms with Gasteiger partial charge in [0.15, 0.2) is 0 Å². The summed E-state index contributed by atoms with van der Waals surface area (Å²) < 4.78 is 5.13. The molecule has 0 bridgehead atoms. The van der Waals surface area contributed by atoms with Gasteiger partial charge in [0.2, 0.25) is 0 Å². The van der Waals surface area contributed by atoms with E-state index in [1.54, 1.807) is 6.92 Å². The summed E-state index contributed by atoms with van der Waals surface area (Å²) in [4.78, 5) is 22.5. The van der Waals surface area contributed by atoms with E-state index in [-0.39, 0.29) is 17.7 Å². The fourth-order valence-electron chi connectivity index (χ4n) is 1.57. The number of carbonyl (C=O) groups is 2. The van der Waals surface area contributed by atoms with Crippen LogP contribution in [0.4, 0.5) is 4.79 Å². The van der Waals surface area contributed by atoms with Gasteiger partial charge in [-0.2, -0.15) is 0 Å². The van der Waals surface area contributed by atoms with Crippen LogP contribution >= 0.6 is 0 Å². The Kier molecular flexibility index (Phi) is 3.73. The lowest BCUT2D eigenvalue weighted by atomic mass is 10.0. The Morgan fingerprint density at radius 1 is 1.31 bits per heavy atom. The molecule has 0 radical (unpaired) electrons. The van der Waals surface area contributed by atoms with E-state index in [0.717, 1.165) is 0 Å². The van der Waals surface area contributed by atoms with Gasteiger partial charge in [-0.25, -0.2) is 4.79 Å². The van der Waals surface area contributed by atoms with Gasteiger partial charge in [0, 0.05) is 5.92 Å². The second-order valence-corrected chi connectivity index (χ2v) is 5.09. The van der Waals surface area contributed by atoms with Crippen LogP contribution < -0.4 is 5.32 Å². The van der Waals surface area contributed by atoms with E-state index in [9.17, 15) is 9.59 Å². The summed E-state index contributed by atoms with van der Waals surface area (Å²) in [6.07, 6.45) is 3.88. The van der Waals surface area contributed by atoms with Gasteiger partial charge in [-0.15, -0.1) is 0 Å². The lowest BCUT2D eigenvalue weighted by Gasteiger charge is -2.21. The summed E-state index contributed by atoms with van der Waals surface area (Å²) in [6.45, 7) is 7.01. The Balaban J connectivity index is 2.38. The van der Waals surface area contributed by atoms with E-state index >= 15 is 0 Å². The lowest BCUT2D eigenvalue weighted by Crippen LogP contribution is -2.37. The summed E-state index contributed by atoms with van der Waals surface area (Å²) in [5, 5.41) is 2.72. The van der Waals surface area contributed by atoms with Crippen molar-refractivity contribution in [1.82, 2.24) is 5.32 Å². The Labute approximate surface area is 96.0 Å². The van der Waals surface area contributed by atoms with Crippen LogP contribution in [0, 0.1) is 5.92 Å². The van der Waals surface area contributed by atoms with Gasteiger partial charge in [-0.3, -0.25) is 4.79 Å². The number of allylic oxidation sites excluding steroid dienone is 1. The number of amides is 1. The number of hydrogen-bond acceptors (Lipinski definition) is 3. The standard InChI is InChI=1S/C12H19NO3/c1-8(14)9-5-6-10(7-9)13-11(15)16-12(2,3)4/h5-6,9-10H,7H2,1-4H3,(H,13,15)/t9-,10+/m1/s1. The fraction of sp³-hybridized carbons (Fsp3) is 0.667. The van der Waals surface area contributed by atoms with Crippen molar-refractivity contribution >= 4 is 11.9 Å². The Bertz CT molecular complexity index is 315. The highest BCUT2D eigenvalue weighted by atomic mass is 16.6. The molecular formula is C12H19NO3. The van der Waals surface area contributed by atoms with Crippen LogP contribution in [-0.2, 0) is 9.53 Å². The van der Waals surface area contributed by atoms with Gasteiger partial charge in [-0.05, 0) is 34.1 Å². The molecule has 2 atom stereocenters. The third-order valence-corrected chi connectivity index (χ3v) is 2.31. The molecule has 0 aromatic rings. The summed E-state index contributed by atoms with van der Waals surface area (Å²) >= 11 is 0. The van der Waals surface area contributed by atoms with Gasteiger partial charge in [0.1, 0.15) is 11.4 Å². The van der Waals surface area contributed by atoms with E-state index in [2.05, 4.69) is 5.32 Å². The van der Waals surface area contributed by atoms with Crippen LogP contribution in [0.3, 0.4) is 0 Å². The fourth-order valence-corrected chi connectivity index (χ4v) is 1.57. The quantitative estimate of drug-likeness (QED) is 0.732. The van der Waals surface area contributed by atoms with Gasteiger partial charge in [-0.1, -0.05) is 12.2 Å². The number of alkyl carbamates (subject to hydrolysis) is 1. The van der Waals surface area contributed by atoms with E-state index in [0.29, 0.717) is 6.42 Å². The van der Waals surface area contributed by atoms with Crippen LogP contribution in [0.1, 0.15) is 34.1 Å². The molecule has 1 aliphatic rings. The topological polar surface area (TPSA) is 55.4 Å². The number of nitrogens with one attached hydrogen (secondary N) is 1. The number of carbonyl (C=O) groups excluding carboxylic acids is 2. The zero-order chi connectivity index (χ0) is 12.3. The Morgan fingerprint density at radius 2 is 1.94 bits per heavy atom. The molecule has 1 amide bonds. The molecule has 1 rings (SSSR count). The van der Waals surface area contributed by atoms with Gasteiger partial charge < -0.3 is 10.1 Å². The molecule has 4 heteroatoms. The predicted octanol–water partition coefficient (Wildman–Crippen LogP) is 2.04. The zero-order valence-electron chi connectivity index (χ0n) is 10.2. The van der Waals surface area contributed by atoms with Crippen molar-refractivity contribution in [2.45, 2.75) is 45.8 Å². The van der Waals surface area contributed by atoms with Crippen molar-refractivity contribution in [3.8, 4) is 0 Å². The third kappa shape index (κ3) is 4.04. The maximum Gasteiger partial charge on any atom is 0.408 e. The SMILES string of the molecule is CC(=O)[C@@H]1C=C[C@H](NC(=O)OC(C)(C)C)C1. The maximum absolute atomic E-state index is 11.4. The highest BCUT2D eigenvalue weighted by Crippen LogP contribution is 2.19. The van der Waals surface area contributed by atoms with Gasteiger partial charge in [0.05, 0.1) is 6.04 Å². The first-order valence-electron chi connectivity index (χ1n) is 5.46. The monoisotopic (exact) mass is 225 g/mol. The van der Waals surface area contributed by atoms with Crippen LogP contribution in [-0.4, -0.2) is 23.5 Å². The minimum atomic E-state index is -0.494. The number of ketones is 1. The third-order valence-electron chi connectivity index (χ3n) is 2.31. The molecule has 0 aromatic heterocycles. The first-order chi connectivity index (χ1) is 7.28. The van der Waals surface area contributed by atoms with E-state index in [4.69, 9.17) is 4.74 Å². The van der Waals surface area contributed by atoms with Gasteiger partial charge in [0.25, 0.3) is 0 Å². The number of hydrogen-bond donors (Lipinski definition) is 1. The summed E-state index contributed by atoms with van der Waals surface area (Å²) in [7, 11) is 0. The van der Waals surface area contributed by atoms with Crippen LogP contribution in [0.5, 0.6) is 0 Å². The molecule has 4 nitrogen and oxygen atoms in total. The first-order valence-corrected chi connectivity index (χ1v) is 5.46. The van der Waals surface area contributed by atoms with E-state index < -0.39 is 11.7 Å². The number of ether oxygens (including phenoxy) is 1. The molecule has 0 unspecified atom stereocenters. The molecule has 0 aliphatic heterocycles. The number of Topliss-reactive ketones (excluding diaryl/α,β-unsaturated/α-hetero) is 1. The molecule has 90 valence electrons. The van der Waals surface area contributed by atoms with Crippen molar-refractivity contribution < 1.29 is 14.3 Å². The molecule has 0 spiro atoms. The van der Waals surface area contributed by atoms with Crippen molar-refractivity contribution in [3.05, 3.63) is 12.2 Å². The zero-order valence-corrected chi connectivity index (χ0v) is 10.2. The summed E-state index contributed by atoms with van der Waals surface area (Å²) in [6, 6.07) is -0.0938. The maximum atomic E-state index is 11.4. The Hall–Kier alpha value is -1.32. The van der Waals surface area contributed by atoms with Crippen LogP contribution in [0.15, 0.2) is 12.2 Å². The normalized spacial score (nSPS) is 24.2. The molecular weight excluding hydrogens is 206 g/mol. The predicted molar refractivity (Wildman–Crippen MR) is 61.1 cm³/mol. The average Bonchev–Trinajstić information content (AvgIpc) is 2.48. The highest BCUT2D eigenvalue weighted by Gasteiger charge is 2.25. The molecule has 0 fully saturated rings. The second kappa shape index (κ2) is 4.68. The van der Waals surface area contributed by atoms with Crippen molar-refractivity contribution in [3.63, 3.8) is 0 Å². The van der Waals surface area contributed by atoms with Gasteiger partial charge >= 0.3 is 6.09 Å². The molecule has 0 heterocycles. The minimum absolute atomic E-state index is 0.0695. The highest BCUT2D eigenvalue weighted by molar-refractivity contribution is 5.81.